The summed E-state index contributed by atoms with van der Waals surface area (Å²) >= 11 is 4.78. The van der Waals surface area contributed by atoms with Crippen molar-refractivity contribution in [1.82, 2.24) is 30.4 Å². The fraction of sp³-hybridized carbons (Fsp3) is 0.100. The van der Waals surface area contributed by atoms with Gasteiger partial charge in [-0.1, -0.05) is 30.3 Å². The van der Waals surface area contributed by atoms with Crippen LogP contribution in [0.1, 0.15) is 5.89 Å². The largest absolute Gasteiger partial charge is 0.412 e. The second kappa shape index (κ2) is 4.49. The van der Waals surface area contributed by atoms with Gasteiger partial charge in [0.2, 0.25) is 11.7 Å². The van der Waals surface area contributed by atoms with Crippen molar-refractivity contribution in [3.63, 3.8) is 0 Å². The number of benzene rings is 1. The molecule has 0 amide bonds. The van der Waals surface area contributed by atoms with Crippen molar-refractivity contribution < 1.29 is 4.42 Å². The average Bonchev–Trinajstić information content (AvgIpc) is 3.01. The van der Waals surface area contributed by atoms with Crippen LogP contribution in [0.2, 0.25) is 0 Å². The fourth-order valence-corrected chi connectivity index (χ4v) is 1.60. The van der Waals surface area contributed by atoms with Gasteiger partial charge in [0.15, 0.2) is 0 Å². The van der Waals surface area contributed by atoms with Crippen LogP contribution in [0.25, 0.3) is 11.4 Å². The highest BCUT2D eigenvalue weighted by molar-refractivity contribution is 7.71. The van der Waals surface area contributed by atoms with E-state index in [1.807, 2.05) is 30.3 Å². The van der Waals surface area contributed by atoms with Gasteiger partial charge in [-0.15, -0.1) is 15.3 Å². The quantitative estimate of drug-likeness (QED) is 0.717. The van der Waals surface area contributed by atoms with Crippen LogP contribution in [-0.2, 0) is 6.54 Å². The second-order valence-electron chi connectivity index (χ2n) is 3.52. The van der Waals surface area contributed by atoms with Gasteiger partial charge in [-0.05, 0) is 17.4 Å². The molecular weight excluding hydrogens is 252 g/mol. The van der Waals surface area contributed by atoms with E-state index in [0.717, 1.165) is 5.56 Å². The van der Waals surface area contributed by atoms with Crippen molar-refractivity contribution in [3.05, 3.63) is 41.1 Å². The molecule has 8 heteroatoms. The molecule has 0 aliphatic rings. The monoisotopic (exact) mass is 260 g/mol. The minimum atomic E-state index is 0.230. The van der Waals surface area contributed by atoms with Crippen molar-refractivity contribution in [2.45, 2.75) is 6.54 Å². The molecule has 3 rings (SSSR count). The molecule has 0 bridgehead atoms. The lowest BCUT2D eigenvalue weighted by atomic mass is 10.2. The molecule has 0 aliphatic carbocycles. The molecule has 0 fully saturated rings. The molecule has 90 valence electrons. The van der Waals surface area contributed by atoms with Crippen LogP contribution in [0.4, 0.5) is 0 Å². The van der Waals surface area contributed by atoms with Crippen LogP contribution in [0, 0.1) is 4.84 Å². The molecular formula is C10H8N6OS. The van der Waals surface area contributed by atoms with Crippen molar-refractivity contribution in [2.24, 2.45) is 0 Å². The number of hydrogen-bond donors (Lipinski definition) is 1. The van der Waals surface area contributed by atoms with Crippen LogP contribution in [0.15, 0.2) is 34.7 Å². The van der Waals surface area contributed by atoms with Crippen molar-refractivity contribution >= 4 is 12.2 Å². The van der Waals surface area contributed by atoms with E-state index in [-0.39, 0.29) is 11.4 Å². The maximum absolute atomic E-state index is 5.12. The number of aromatic amines is 1. The van der Waals surface area contributed by atoms with Gasteiger partial charge in [-0.2, -0.15) is 4.80 Å². The number of H-pyrrole nitrogens is 1. The number of hydrogen-bond acceptors (Lipinski definition) is 6. The fourth-order valence-electron chi connectivity index (χ4n) is 1.46. The van der Waals surface area contributed by atoms with E-state index in [1.54, 1.807) is 0 Å². The Morgan fingerprint density at radius 1 is 1.28 bits per heavy atom. The van der Waals surface area contributed by atoms with E-state index in [1.165, 1.54) is 4.80 Å². The van der Waals surface area contributed by atoms with E-state index in [4.69, 9.17) is 16.6 Å². The molecule has 0 aliphatic heterocycles. The molecule has 0 atom stereocenters. The first-order valence-electron chi connectivity index (χ1n) is 5.19. The Labute approximate surface area is 106 Å². The predicted molar refractivity (Wildman–Crippen MR) is 64.0 cm³/mol. The third-order valence-electron chi connectivity index (χ3n) is 2.24. The summed E-state index contributed by atoms with van der Waals surface area (Å²) < 4.78 is 5.12. The van der Waals surface area contributed by atoms with Gasteiger partial charge in [-0.3, -0.25) is 0 Å². The molecule has 0 spiro atoms. The molecule has 0 unspecified atom stereocenters. The summed E-state index contributed by atoms with van der Waals surface area (Å²) in [6.07, 6.45) is 0. The Balaban J connectivity index is 1.84. The van der Waals surface area contributed by atoms with E-state index >= 15 is 0 Å². The molecule has 1 N–H and O–H groups in total. The van der Waals surface area contributed by atoms with Gasteiger partial charge in [0.25, 0.3) is 4.84 Å². The van der Waals surface area contributed by atoms with Gasteiger partial charge in [-0.25, -0.2) is 5.10 Å². The highest BCUT2D eigenvalue weighted by Gasteiger charge is 2.07. The third-order valence-corrected chi connectivity index (χ3v) is 2.42. The van der Waals surface area contributed by atoms with Crippen molar-refractivity contribution in [1.29, 1.82) is 0 Å². The topological polar surface area (TPSA) is 85.4 Å². The lowest BCUT2D eigenvalue weighted by molar-refractivity contribution is 0.432. The number of rotatable bonds is 3. The standard InChI is InChI=1S/C10H8N6OS/c18-10-13-11-8(17-10)6-16-14-9(12-15-16)7-4-2-1-3-5-7/h1-5H,6H2,(H,13,18). The lowest BCUT2D eigenvalue weighted by Crippen LogP contribution is -2.04. The molecule has 1 aromatic carbocycles. The molecule has 7 nitrogen and oxygen atoms in total. The molecule has 3 aromatic rings. The minimum absolute atomic E-state index is 0.230. The summed E-state index contributed by atoms with van der Waals surface area (Å²) in [5, 5.41) is 18.5. The van der Waals surface area contributed by atoms with Crippen molar-refractivity contribution in [2.75, 3.05) is 0 Å². The second-order valence-corrected chi connectivity index (χ2v) is 3.89. The number of aromatic nitrogens is 6. The lowest BCUT2D eigenvalue weighted by Gasteiger charge is -1.92. The summed E-state index contributed by atoms with van der Waals surface area (Å²) in [5.74, 6) is 0.974. The van der Waals surface area contributed by atoms with Crippen LogP contribution in [0.3, 0.4) is 0 Å². The van der Waals surface area contributed by atoms with Gasteiger partial charge in [0.05, 0.1) is 0 Å². The van der Waals surface area contributed by atoms with Crippen LogP contribution >= 0.6 is 12.2 Å². The number of nitrogens with one attached hydrogen (secondary N) is 1. The normalized spacial score (nSPS) is 10.7. The first kappa shape index (κ1) is 10.8. The first-order valence-corrected chi connectivity index (χ1v) is 5.60. The van der Waals surface area contributed by atoms with E-state index in [0.29, 0.717) is 11.7 Å². The van der Waals surface area contributed by atoms with E-state index in [9.17, 15) is 0 Å². The number of nitrogens with zero attached hydrogens (tertiary/aromatic N) is 5. The Morgan fingerprint density at radius 3 is 2.83 bits per heavy atom. The molecule has 18 heavy (non-hydrogen) atoms. The van der Waals surface area contributed by atoms with E-state index < -0.39 is 0 Å². The predicted octanol–water partition coefficient (Wildman–Crippen LogP) is 1.43. The van der Waals surface area contributed by atoms with Crippen LogP contribution < -0.4 is 0 Å². The Hall–Kier alpha value is -2.35. The Morgan fingerprint density at radius 2 is 2.11 bits per heavy atom. The SMILES string of the molecule is S=c1[nH]nc(Cn2nnc(-c3ccccc3)n2)o1. The van der Waals surface area contributed by atoms with Crippen LogP contribution in [0.5, 0.6) is 0 Å². The Kier molecular flexibility index (Phi) is 2.69. The number of tetrazole rings is 1. The van der Waals surface area contributed by atoms with Gasteiger partial charge >= 0.3 is 0 Å². The molecule has 2 aromatic heterocycles. The summed E-state index contributed by atoms with van der Waals surface area (Å²) in [5.41, 5.74) is 0.909. The zero-order valence-electron chi connectivity index (χ0n) is 9.15. The maximum Gasteiger partial charge on any atom is 0.284 e. The van der Waals surface area contributed by atoms with Crippen molar-refractivity contribution in [3.8, 4) is 11.4 Å². The van der Waals surface area contributed by atoms with Gasteiger partial charge in [0.1, 0.15) is 6.54 Å². The van der Waals surface area contributed by atoms with Gasteiger partial charge < -0.3 is 4.42 Å². The van der Waals surface area contributed by atoms with Crippen LogP contribution in [-0.4, -0.2) is 30.4 Å². The third kappa shape index (κ3) is 2.18. The first-order chi connectivity index (χ1) is 8.81. The molecule has 0 saturated heterocycles. The summed E-state index contributed by atoms with van der Waals surface area (Å²) in [6, 6.07) is 9.61. The van der Waals surface area contributed by atoms with E-state index in [2.05, 4.69) is 25.6 Å². The zero-order chi connectivity index (χ0) is 12.4. The molecule has 2 heterocycles. The smallest absolute Gasteiger partial charge is 0.284 e. The highest BCUT2D eigenvalue weighted by atomic mass is 32.1. The molecule has 0 saturated carbocycles. The Bertz CT molecular complexity index is 700. The summed E-state index contributed by atoms with van der Waals surface area (Å²) in [7, 11) is 0. The maximum atomic E-state index is 5.12. The van der Waals surface area contributed by atoms with Gasteiger partial charge in [0, 0.05) is 5.56 Å². The highest BCUT2D eigenvalue weighted by Crippen LogP contribution is 2.11. The zero-order valence-corrected chi connectivity index (χ0v) is 9.96. The molecule has 0 radical (unpaired) electrons. The average molecular weight is 260 g/mol. The summed E-state index contributed by atoms with van der Waals surface area (Å²) in [6.45, 7) is 0.285. The minimum Gasteiger partial charge on any atom is -0.412 e. The summed E-state index contributed by atoms with van der Waals surface area (Å²) in [4.78, 5) is 1.63.